The SMILES string of the molecule is COCCOc1ccc(S(C)(C)ON=O)cc1[CH]=[Ru]([Cl])[Cl]. The Balaban J connectivity index is 3.12. The van der Waals surface area contributed by atoms with Crippen LogP contribution in [-0.2, 0) is 22.5 Å². The molecule has 0 aromatic heterocycles. The van der Waals surface area contributed by atoms with E-state index in [-0.39, 0.29) is 0 Å². The fourth-order valence-electron chi connectivity index (χ4n) is 1.48. The molecule has 0 radical (unpaired) electrons. The van der Waals surface area contributed by atoms with Crippen molar-refractivity contribution in [1.29, 1.82) is 0 Å². The van der Waals surface area contributed by atoms with E-state index in [1.54, 1.807) is 11.7 Å². The molecule has 0 heterocycles. The number of rotatable bonds is 8. The van der Waals surface area contributed by atoms with Crippen LogP contribution < -0.4 is 4.74 Å². The summed E-state index contributed by atoms with van der Waals surface area (Å²) >= 11 is -2.01. The van der Waals surface area contributed by atoms with Gasteiger partial charge in [-0.05, 0) is 0 Å². The standard InChI is InChI=1S/C12H17NO4S.2ClH.Ru/c1-10-9-11(18(3,4)17-13-14)5-6-12(10)16-8-7-15-2;;;/h1,5-6,9H,7-8H2,2-4H3;2*1H;/q;;;+2/p-2. The van der Waals surface area contributed by atoms with Crippen molar-refractivity contribution in [2.75, 3.05) is 32.8 Å². The third-order valence-corrected chi connectivity index (χ3v) is 6.15. The molecule has 0 spiro atoms. The second kappa shape index (κ2) is 9.06. The van der Waals surface area contributed by atoms with E-state index in [9.17, 15) is 4.91 Å². The topological polar surface area (TPSA) is 57.1 Å². The van der Waals surface area contributed by atoms with E-state index in [2.05, 4.69) is 5.34 Å². The van der Waals surface area contributed by atoms with E-state index in [0.717, 1.165) is 10.5 Å². The summed E-state index contributed by atoms with van der Waals surface area (Å²) in [5.41, 5.74) is 0.794. The Morgan fingerprint density at radius 1 is 1.33 bits per heavy atom. The van der Waals surface area contributed by atoms with E-state index < -0.39 is 23.8 Å². The quantitative estimate of drug-likeness (QED) is 0.265. The first kappa shape index (κ1) is 18.9. The van der Waals surface area contributed by atoms with Crippen molar-refractivity contribution < 1.29 is 27.3 Å². The van der Waals surface area contributed by atoms with Gasteiger partial charge in [-0.15, -0.1) is 0 Å². The van der Waals surface area contributed by atoms with Crippen LogP contribution in [-0.4, -0.2) is 37.4 Å². The molecule has 0 fully saturated rings. The van der Waals surface area contributed by atoms with E-state index in [1.807, 2.05) is 30.7 Å². The van der Waals surface area contributed by atoms with E-state index in [1.165, 1.54) is 0 Å². The van der Waals surface area contributed by atoms with Gasteiger partial charge >= 0.3 is 139 Å². The van der Waals surface area contributed by atoms with Crippen molar-refractivity contribution in [3.63, 3.8) is 0 Å². The summed E-state index contributed by atoms with van der Waals surface area (Å²) in [7, 11) is 11.8. The Morgan fingerprint density at radius 2 is 2.05 bits per heavy atom. The monoisotopic (exact) mass is 443 g/mol. The number of ether oxygens (including phenoxy) is 2. The molecule has 1 aromatic carbocycles. The van der Waals surface area contributed by atoms with E-state index in [4.69, 9.17) is 33.1 Å². The Kier molecular flexibility index (Phi) is 8.13. The Bertz CT molecular complexity index is 524. The van der Waals surface area contributed by atoms with Crippen LogP contribution in [0.1, 0.15) is 5.56 Å². The summed E-state index contributed by atoms with van der Waals surface area (Å²) < 4.78 is 17.3. The molecule has 0 bridgehead atoms. The van der Waals surface area contributed by atoms with Crippen LogP contribution in [0.2, 0.25) is 0 Å². The zero-order valence-corrected chi connectivity index (χ0v) is 15.9. The van der Waals surface area contributed by atoms with Crippen molar-refractivity contribution in [2.45, 2.75) is 4.90 Å². The summed E-state index contributed by atoms with van der Waals surface area (Å²) in [6, 6.07) is 5.53. The number of halogens is 2. The predicted octanol–water partition coefficient (Wildman–Crippen LogP) is 3.82. The average molecular weight is 443 g/mol. The van der Waals surface area contributed by atoms with Crippen molar-refractivity contribution in [3.05, 3.63) is 28.7 Å². The molecule has 0 aliphatic heterocycles. The first-order valence-corrected chi connectivity index (χ1v) is 13.6. The van der Waals surface area contributed by atoms with Crippen LogP contribution in [0.3, 0.4) is 0 Å². The van der Waals surface area contributed by atoms with E-state index >= 15 is 0 Å². The third kappa shape index (κ3) is 6.21. The molecule has 5 nitrogen and oxygen atoms in total. The first-order valence-electron chi connectivity index (χ1n) is 5.74. The summed E-state index contributed by atoms with van der Waals surface area (Å²) in [5.74, 6) is 0.671. The van der Waals surface area contributed by atoms with Crippen LogP contribution in [0, 0.1) is 4.91 Å². The van der Waals surface area contributed by atoms with Gasteiger partial charge in [-0.3, -0.25) is 0 Å². The zero-order valence-electron chi connectivity index (χ0n) is 11.8. The van der Waals surface area contributed by atoms with Gasteiger partial charge in [0, 0.05) is 0 Å². The van der Waals surface area contributed by atoms with Gasteiger partial charge in [-0.2, -0.15) is 0 Å². The molecular formula is C12H17Cl2NO4RuS. The molecule has 0 N–H and O–H groups in total. The van der Waals surface area contributed by atoms with Gasteiger partial charge in [-0.25, -0.2) is 0 Å². The normalized spacial score (nSPS) is 12.5. The molecule has 122 valence electrons. The maximum absolute atomic E-state index is 10.4. The Morgan fingerprint density at radius 3 is 2.62 bits per heavy atom. The number of hydrogen-bond acceptors (Lipinski definition) is 5. The van der Waals surface area contributed by atoms with Crippen LogP contribution in [0.25, 0.3) is 0 Å². The van der Waals surface area contributed by atoms with Crippen LogP contribution >= 0.6 is 29.7 Å². The van der Waals surface area contributed by atoms with Gasteiger partial charge in [0.2, 0.25) is 0 Å². The second-order valence-electron chi connectivity index (χ2n) is 4.23. The fourth-order valence-corrected chi connectivity index (χ4v) is 4.31. The summed E-state index contributed by atoms with van der Waals surface area (Å²) in [5, 5.41) is 2.54. The van der Waals surface area contributed by atoms with Gasteiger partial charge in [0.15, 0.2) is 0 Å². The van der Waals surface area contributed by atoms with Gasteiger partial charge in [0.25, 0.3) is 0 Å². The molecule has 0 aliphatic carbocycles. The van der Waals surface area contributed by atoms with Gasteiger partial charge in [-0.1, -0.05) is 0 Å². The maximum atomic E-state index is 10.4. The molecule has 21 heavy (non-hydrogen) atoms. The van der Waals surface area contributed by atoms with Gasteiger partial charge in [0.1, 0.15) is 0 Å². The third-order valence-electron chi connectivity index (χ3n) is 2.50. The van der Waals surface area contributed by atoms with Crippen LogP contribution in [0.15, 0.2) is 28.4 Å². The molecular weight excluding hydrogens is 426 g/mol. The molecule has 0 amide bonds. The van der Waals surface area contributed by atoms with Crippen molar-refractivity contribution >= 4 is 34.3 Å². The van der Waals surface area contributed by atoms with E-state index in [0.29, 0.717) is 19.0 Å². The van der Waals surface area contributed by atoms with Crippen molar-refractivity contribution in [3.8, 4) is 5.75 Å². The summed E-state index contributed by atoms with van der Waals surface area (Å²) in [6.45, 7) is 0.912. The summed E-state index contributed by atoms with van der Waals surface area (Å²) in [6.07, 6.45) is 3.66. The second-order valence-corrected chi connectivity index (χ2v) is 13.0. The fraction of sp³-hybridized carbons (Fsp3) is 0.417. The van der Waals surface area contributed by atoms with Crippen molar-refractivity contribution in [2.24, 2.45) is 5.34 Å². The predicted molar refractivity (Wildman–Crippen MR) is 85.3 cm³/mol. The number of nitrogens with zero attached hydrogens (tertiary/aromatic N) is 1. The summed E-state index contributed by atoms with van der Waals surface area (Å²) in [4.78, 5) is 11.2. The molecule has 0 saturated carbocycles. The molecule has 0 unspecified atom stereocenters. The zero-order chi connectivity index (χ0) is 15.9. The van der Waals surface area contributed by atoms with Crippen LogP contribution in [0.4, 0.5) is 0 Å². The number of methoxy groups -OCH3 is 1. The van der Waals surface area contributed by atoms with Gasteiger partial charge in [0.05, 0.1) is 0 Å². The number of benzene rings is 1. The molecule has 0 aliphatic rings. The first-order chi connectivity index (χ1) is 9.90. The molecule has 0 saturated heterocycles. The van der Waals surface area contributed by atoms with Crippen LogP contribution in [0.5, 0.6) is 5.75 Å². The van der Waals surface area contributed by atoms with Crippen molar-refractivity contribution in [1.82, 2.24) is 0 Å². The van der Waals surface area contributed by atoms with Gasteiger partial charge < -0.3 is 0 Å². The Labute approximate surface area is 138 Å². The molecule has 9 heteroatoms. The Hall–Kier alpha value is -0.197. The molecule has 0 atom stereocenters. The molecule has 1 rings (SSSR count). The minimum atomic E-state index is -2.01. The average Bonchev–Trinajstić information content (AvgIpc) is 2.39. The molecule has 1 aromatic rings. The number of hydrogen-bond donors (Lipinski definition) is 0. The minimum absolute atomic E-state index is 0.427.